The number of esters is 1. The second-order valence-corrected chi connectivity index (χ2v) is 5.94. The molecule has 6 heteroatoms. The number of carbonyl (C=O) groups is 2. The van der Waals surface area contributed by atoms with E-state index in [9.17, 15) is 19.5 Å². The van der Waals surface area contributed by atoms with Crippen LogP contribution in [0.5, 0.6) is 0 Å². The number of nitrogens with zero attached hydrogens (tertiary/aromatic N) is 1. The Morgan fingerprint density at radius 1 is 1.33 bits per heavy atom. The van der Waals surface area contributed by atoms with Gasteiger partial charge in [-0.25, -0.2) is 0 Å². The molecule has 0 radical (unpaired) electrons. The number of carbonyl (C=O) groups excluding carboxylic acids is 1. The summed E-state index contributed by atoms with van der Waals surface area (Å²) in [6, 6.07) is 4.64. The summed E-state index contributed by atoms with van der Waals surface area (Å²) >= 11 is 0. The Kier molecular flexibility index (Phi) is 5.29. The van der Waals surface area contributed by atoms with Crippen LogP contribution in [-0.4, -0.2) is 27.2 Å². The van der Waals surface area contributed by atoms with Crippen LogP contribution in [0.4, 0.5) is 0 Å². The van der Waals surface area contributed by atoms with Crippen LogP contribution in [-0.2, 0) is 27.8 Å². The Bertz CT molecular complexity index is 582. The zero-order valence-electron chi connectivity index (χ0n) is 12.8. The number of hydrogen-bond donors (Lipinski definition) is 1. The monoisotopic (exact) mass is 295 g/mol. The Labute approximate surface area is 123 Å². The molecule has 1 heterocycles. The first-order chi connectivity index (χ1) is 9.60. The van der Waals surface area contributed by atoms with Gasteiger partial charge in [-0.1, -0.05) is 6.07 Å². The molecule has 116 valence electrons. The molecule has 0 saturated carbocycles. The molecule has 1 aromatic rings. The molecule has 0 aliphatic heterocycles. The lowest BCUT2D eigenvalue weighted by Gasteiger charge is -2.21. The van der Waals surface area contributed by atoms with Crippen molar-refractivity contribution in [3.05, 3.63) is 34.2 Å². The highest BCUT2D eigenvalue weighted by atomic mass is 16.6. The summed E-state index contributed by atoms with van der Waals surface area (Å²) in [6.45, 7) is 5.17. The van der Waals surface area contributed by atoms with Gasteiger partial charge >= 0.3 is 11.9 Å². The highest BCUT2D eigenvalue weighted by Crippen LogP contribution is 2.16. The third-order valence-electron chi connectivity index (χ3n) is 2.93. The molecule has 0 amide bonds. The average Bonchev–Trinajstić information content (AvgIpc) is 2.31. The molecule has 0 bridgehead atoms. The first-order valence-electron chi connectivity index (χ1n) is 6.69. The number of rotatable bonds is 5. The SMILES string of the molecule is Cn1c(CC(CC(=O)OC(C)(C)C)C(=O)O)cccc1=O. The van der Waals surface area contributed by atoms with Gasteiger partial charge in [0.2, 0.25) is 5.56 Å². The van der Waals surface area contributed by atoms with E-state index in [1.165, 1.54) is 10.6 Å². The molecule has 1 atom stereocenters. The zero-order chi connectivity index (χ0) is 16.2. The van der Waals surface area contributed by atoms with Gasteiger partial charge in [0, 0.05) is 25.2 Å². The molecule has 0 aliphatic rings. The van der Waals surface area contributed by atoms with Crippen molar-refractivity contribution in [2.75, 3.05) is 0 Å². The van der Waals surface area contributed by atoms with Gasteiger partial charge in [-0.15, -0.1) is 0 Å². The molecule has 1 aromatic heterocycles. The van der Waals surface area contributed by atoms with E-state index in [2.05, 4.69) is 0 Å². The summed E-state index contributed by atoms with van der Waals surface area (Å²) in [5, 5.41) is 9.25. The predicted octanol–water partition coefficient (Wildman–Crippen LogP) is 1.36. The van der Waals surface area contributed by atoms with Crippen LogP contribution in [0.1, 0.15) is 32.9 Å². The van der Waals surface area contributed by atoms with Gasteiger partial charge in [0.1, 0.15) is 5.60 Å². The Hall–Kier alpha value is -2.11. The fourth-order valence-corrected chi connectivity index (χ4v) is 1.90. The molecule has 1 rings (SSSR count). The number of pyridine rings is 1. The number of aliphatic carboxylic acids is 1. The van der Waals surface area contributed by atoms with Crippen LogP contribution in [0.2, 0.25) is 0 Å². The van der Waals surface area contributed by atoms with Crippen molar-refractivity contribution >= 4 is 11.9 Å². The van der Waals surface area contributed by atoms with Crippen LogP contribution in [0.3, 0.4) is 0 Å². The van der Waals surface area contributed by atoms with Gasteiger partial charge in [-0.3, -0.25) is 14.4 Å². The quantitative estimate of drug-likeness (QED) is 0.829. The fourth-order valence-electron chi connectivity index (χ4n) is 1.90. The minimum absolute atomic E-state index is 0.0984. The summed E-state index contributed by atoms with van der Waals surface area (Å²) in [5.41, 5.74) is -0.299. The van der Waals surface area contributed by atoms with Crippen molar-refractivity contribution in [3.63, 3.8) is 0 Å². The van der Waals surface area contributed by atoms with Gasteiger partial charge in [0.05, 0.1) is 12.3 Å². The van der Waals surface area contributed by atoms with Crippen molar-refractivity contribution in [2.24, 2.45) is 13.0 Å². The van der Waals surface area contributed by atoms with E-state index in [-0.39, 0.29) is 18.4 Å². The first-order valence-corrected chi connectivity index (χ1v) is 6.69. The number of aromatic nitrogens is 1. The summed E-state index contributed by atoms with van der Waals surface area (Å²) in [6.07, 6.45) is -0.128. The molecule has 21 heavy (non-hydrogen) atoms. The van der Waals surface area contributed by atoms with Gasteiger partial charge in [-0.2, -0.15) is 0 Å². The number of ether oxygens (including phenoxy) is 1. The Morgan fingerprint density at radius 2 is 1.95 bits per heavy atom. The van der Waals surface area contributed by atoms with Gasteiger partial charge in [0.25, 0.3) is 0 Å². The maximum atomic E-state index is 11.8. The highest BCUT2D eigenvalue weighted by molar-refractivity contribution is 5.79. The Balaban J connectivity index is 2.84. The van der Waals surface area contributed by atoms with Crippen molar-refractivity contribution in [3.8, 4) is 0 Å². The summed E-state index contributed by atoms with van der Waals surface area (Å²) < 4.78 is 6.52. The lowest BCUT2D eigenvalue weighted by molar-refractivity contribution is -0.159. The van der Waals surface area contributed by atoms with E-state index in [1.807, 2.05) is 0 Å². The maximum absolute atomic E-state index is 11.8. The summed E-state index contributed by atoms with van der Waals surface area (Å²) in [4.78, 5) is 34.6. The van der Waals surface area contributed by atoms with E-state index >= 15 is 0 Å². The van der Waals surface area contributed by atoms with E-state index in [4.69, 9.17) is 4.74 Å². The first kappa shape index (κ1) is 16.9. The average molecular weight is 295 g/mol. The van der Waals surface area contributed by atoms with Crippen molar-refractivity contribution < 1.29 is 19.4 Å². The van der Waals surface area contributed by atoms with Gasteiger partial charge < -0.3 is 14.4 Å². The van der Waals surface area contributed by atoms with E-state index in [0.29, 0.717) is 5.69 Å². The molecule has 0 saturated heterocycles. The molecular weight excluding hydrogens is 274 g/mol. The van der Waals surface area contributed by atoms with Gasteiger partial charge in [0.15, 0.2) is 0 Å². The van der Waals surface area contributed by atoms with Gasteiger partial charge in [-0.05, 0) is 26.8 Å². The highest BCUT2D eigenvalue weighted by Gasteiger charge is 2.26. The maximum Gasteiger partial charge on any atom is 0.307 e. The number of carboxylic acid groups (broad SMARTS) is 1. The molecular formula is C15H21NO5. The fraction of sp³-hybridized carbons (Fsp3) is 0.533. The second kappa shape index (κ2) is 6.56. The van der Waals surface area contributed by atoms with Crippen LogP contribution >= 0.6 is 0 Å². The van der Waals surface area contributed by atoms with E-state index in [1.54, 1.807) is 40.0 Å². The standard InChI is InChI=1S/C15H21NO5/c1-15(2,3)21-13(18)9-10(14(19)20)8-11-6-5-7-12(17)16(11)4/h5-7,10H,8-9H2,1-4H3,(H,19,20). The normalized spacial score (nSPS) is 12.8. The number of carboxylic acids is 1. The largest absolute Gasteiger partial charge is 0.481 e. The second-order valence-electron chi connectivity index (χ2n) is 5.94. The van der Waals surface area contributed by atoms with Crippen LogP contribution in [0.25, 0.3) is 0 Å². The predicted molar refractivity (Wildman–Crippen MR) is 77.0 cm³/mol. The lowest BCUT2D eigenvalue weighted by atomic mass is 9.99. The van der Waals surface area contributed by atoms with Crippen LogP contribution < -0.4 is 5.56 Å². The molecule has 1 N–H and O–H groups in total. The van der Waals surface area contributed by atoms with Crippen molar-refractivity contribution in [1.82, 2.24) is 4.57 Å². The topological polar surface area (TPSA) is 85.6 Å². The van der Waals surface area contributed by atoms with E-state index in [0.717, 1.165) is 0 Å². The minimum atomic E-state index is -1.09. The lowest BCUT2D eigenvalue weighted by Crippen LogP contribution is -2.29. The smallest absolute Gasteiger partial charge is 0.307 e. The summed E-state index contributed by atoms with van der Waals surface area (Å²) in [5.74, 6) is -2.57. The minimum Gasteiger partial charge on any atom is -0.481 e. The van der Waals surface area contributed by atoms with Crippen LogP contribution in [0.15, 0.2) is 23.0 Å². The zero-order valence-corrected chi connectivity index (χ0v) is 12.8. The molecule has 0 aromatic carbocycles. The summed E-state index contributed by atoms with van der Waals surface area (Å²) in [7, 11) is 1.57. The van der Waals surface area contributed by atoms with Crippen LogP contribution in [0, 0.1) is 5.92 Å². The molecule has 0 spiro atoms. The Morgan fingerprint density at radius 3 is 2.48 bits per heavy atom. The van der Waals surface area contributed by atoms with Crippen molar-refractivity contribution in [2.45, 2.75) is 39.2 Å². The van der Waals surface area contributed by atoms with E-state index < -0.39 is 23.5 Å². The third-order valence-corrected chi connectivity index (χ3v) is 2.93. The molecule has 6 nitrogen and oxygen atoms in total. The molecule has 0 fully saturated rings. The van der Waals surface area contributed by atoms with Crippen molar-refractivity contribution in [1.29, 1.82) is 0 Å². The third kappa shape index (κ3) is 5.41. The molecule has 0 aliphatic carbocycles. The molecule has 1 unspecified atom stereocenters. The number of hydrogen-bond acceptors (Lipinski definition) is 4.